The highest BCUT2D eigenvalue weighted by Gasteiger charge is 2.23. The Labute approximate surface area is 104 Å². The van der Waals surface area contributed by atoms with Crippen molar-refractivity contribution < 1.29 is 4.79 Å². The lowest BCUT2D eigenvalue weighted by Crippen LogP contribution is -2.35. The number of hydrogen-bond donors (Lipinski definition) is 4. The van der Waals surface area contributed by atoms with E-state index in [-0.39, 0.29) is 35.9 Å². The van der Waals surface area contributed by atoms with E-state index in [2.05, 4.69) is 15.3 Å². The summed E-state index contributed by atoms with van der Waals surface area (Å²) in [5, 5.41) is 2.88. The maximum Gasteiger partial charge on any atom is 0.252 e. The second kappa shape index (κ2) is 5.18. The molecule has 0 aliphatic heterocycles. The van der Waals surface area contributed by atoms with Gasteiger partial charge in [0.1, 0.15) is 0 Å². The minimum atomic E-state index is -0.354. The fraction of sp³-hybridized carbons (Fsp3) is 0.545. The molecule has 0 unspecified atom stereocenters. The third kappa shape index (κ3) is 3.30. The van der Waals surface area contributed by atoms with Crippen molar-refractivity contribution in [1.29, 1.82) is 0 Å². The van der Waals surface area contributed by atoms with E-state index in [1.807, 2.05) is 0 Å². The largest absolute Gasteiger partial charge is 0.369 e. The van der Waals surface area contributed by atoms with Gasteiger partial charge in [0.05, 0.1) is 12.1 Å². The van der Waals surface area contributed by atoms with Crippen molar-refractivity contribution >= 4 is 11.9 Å². The zero-order chi connectivity index (χ0) is 13.1. The van der Waals surface area contributed by atoms with Crippen LogP contribution in [0.4, 0.5) is 5.95 Å². The summed E-state index contributed by atoms with van der Waals surface area (Å²) in [4.78, 5) is 29.1. The van der Waals surface area contributed by atoms with Gasteiger partial charge in [0.2, 0.25) is 11.9 Å². The quantitative estimate of drug-likeness (QED) is 0.541. The van der Waals surface area contributed by atoms with E-state index in [9.17, 15) is 9.59 Å². The summed E-state index contributed by atoms with van der Waals surface area (Å²) in [7, 11) is 0. The van der Waals surface area contributed by atoms with Crippen LogP contribution in [0.3, 0.4) is 0 Å². The lowest BCUT2D eigenvalue weighted by molar-refractivity contribution is -0.121. The summed E-state index contributed by atoms with van der Waals surface area (Å²) >= 11 is 0. The SMILES string of the molecule is Nc1nc(CC(=O)N[C@@H]2CC[C@@H](N)C2)cc(=O)[nH]1. The van der Waals surface area contributed by atoms with Crippen molar-refractivity contribution in [2.24, 2.45) is 5.73 Å². The Morgan fingerprint density at radius 2 is 2.33 bits per heavy atom. The number of aromatic nitrogens is 2. The van der Waals surface area contributed by atoms with Crippen LogP contribution >= 0.6 is 0 Å². The van der Waals surface area contributed by atoms with Crippen LogP contribution in [0.25, 0.3) is 0 Å². The first kappa shape index (κ1) is 12.6. The summed E-state index contributed by atoms with van der Waals surface area (Å²) in [6, 6.07) is 1.58. The molecular weight excluding hydrogens is 234 g/mol. The Balaban J connectivity index is 1.92. The molecule has 7 nitrogen and oxygen atoms in total. The monoisotopic (exact) mass is 251 g/mol. The van der Waals surface area contributed by atoms with Crippen molar-refractivity contribution in [3.05, 3.63) is 22.1 Å². The molecule has 1 aromatic rings. The van der Waals surface area contributed by atoms with Gasteiger partial charge >= 0.3 is 0 Å². The van der Waals surface area contributed by atoms with E-state index in [4.69, 9.17) is 11.5 Å². The summed E-state index contributed by atoms with van der Waals surface area (Å²) < 4.78 is 0. The smallest absolute Gasteiger partial charge is 0.252 e. The number of hydrogen-bond acceptors (Lipinski definition) is 5. The highest BCUT2D eigenvalue weighted by atomic mass is 16.1. The molecular formula is C11H17N5O2. The normalized spacial score (nSPS) is 22.9. The predicted octanol–water partition coefficient (Wildman–Crippen LogP) is -1.11. The molecule has 1 aliphatic rings. The van der Waals surface area contributed by atoms with Gasteiger partial charge in [-0.1, -0.05) is 0 Å². The van der Waals surface area contributed by atoms with Gasteiger partial charge in [-0.3, -0.25) is 14.6 Å². The van der Waals surface area contributed by atoms with Crippen LogP contribution in [-0.4, -0.2) is 28.0 Å². The summed E-state index contributed by atoms with van der Waals surface area (Å²) in [6.45, 7) is 0. The molecule has 6 N–H and O–H groups in total. The molecule has 1 amide bonds. The average molecular weight is 251 g/mol. The fourth-order valence-corrected chi connectivity index (χ4v) is 2.21. The molecule has 1 fully saturated rings. The van der Waals surface area contributed by atoms with Crippen LogP contribution < -0.4 is 22.3 Å². The van der Waals surface area contributed by atoms with Crippen molar-refractivity contribution in [2.75, 3.05) is 5.73 Å². The molecule has 1 heterocycles. The molecule has 1 aromatic heterocycles. The number of carbonyl (C=O) groups is 1. The maximum atomic E-state index is 11.8. The number of rotatable bonds is 3. The molecule has 2 atom stereocenters. The number of nitrogens with two attached hydrogens (primary N) is 2. The van der Waals surface area contributed by atoms with Gasteiger partial charge in [-0.05, 0) is 19.3 Å². The van der Waals surface area contributed by atoms with E-state index in [0.717, 1.165) is 19.3 Å². The summed E-state index contributed by atoms with van der Waals surface area (Å²) in [5.41, 5.74) is 11.2. The Morgan fingerprint density at radius 3 is 2.94 bits per heavy atom. The van der Waals surface area contributed by atoms with Gasteiger partial charge in [-0.15, -0.1) is 0 Å². The van der Waals surface area contributed by atoms with Crippen LogP contribution in [0.15, 0.2) is 10.9 Å². The first-order valence-corrected chi connectivity index (χ1v) is 5.93. The van der Waals surface area contributed by atoms with Gasteiger partial charge in [0.15, 0.2) is 0 Å². The third-order valence-electron chi connectivity index (χ3n) is 2.99. The maximum absolute atomic E-state index is 11.8. The molecule has 1 aliphatic carbocycles. The standard InChI is InChI=1S/C11H17N5O2/c12-6-1-2-7(3-6)14-9(17)4-8-5-10(18)16-11(13)15-8/h5-7H,1-4,12H2,(H,14,17)(H3,13,15,16,18)/t6-,7-/m1/s1. The van der Waals surface area contributed by atoms with Gasteiger partial charge in [0.25, 0.3) is 5.56 Å². The van der Waals surface area contributed by atoms with Crippen molar-refractivity contribution in [3.63, 3.8) is 0 Å². The molecule has 1 saturated carbocycles. The number of amides is 1. The highest BCUT2D eigenvalue weighted by molar-refractivity contribution is 5.78. The molecule has 98 valence electrons. The van der Waals surface area contributed by atoms with E-state index in [1.54, 1.807) is 0 Å². The van der Waals surface area contributed by atoms with Crippen molar-refractivity contribution in [3.8, 4) is 0 Å². The van der Waals surface area contributed by atoms with Crippen LogP contribution in [0.1, 0.15) is 25.0 Å². The minimum absolute atomic E-state index is 0.0215. The number of anilines is 1. The Bertz CT molecular complexity index is 498. The number of nitrogen functional groups attached to an aromatic ring is 1. The van der Waals surface area contributed by atoms with Crippen LogP contribution in [0, 0.1) is 0 Å². The average Bonchev–Trinajstić information content (AvgIpc) is 2.61. The fourth-order valence-electron chi connectivity index (χ4n) is 2.21. The predicted molar refractivity (Wildman–Crippen MR) is 66.7 cm³/mol. The van der Waals surface area contributed by atoms with E-state index in [1.165, 1.54) is 6.07 Å². The zero-order valence-corrected chi connectivity index (χ0v) is 9.98. The van der Waals surface area contributed by atoms with Gasteiger partial charge in [0, 0.05) is 18.2 Å². The lowest BCUT2D eigenvalue weighted by Gasteiger charge is -2.11. The van der Waals surface area contributed by atoms with Gasteiger partial charge < -0.3 is 16.8 Å². The molecule has 18 heavy (non-hydrogen) atoms. The summed E-state index contributed by atoms with van der Waals surface area (Å²) in [5.74, 6) is -0.139. The van der Waals surface area contributed by atoms with Crippen LogP contribution in [0.2, 0.25) is 0 Å². The molecule has 0 aromatic carbocycles. The topological polar surface area (TPSA) is 127 Å². The van der Waals surface area contributed by atoms with Gasteiger partial charge in [-0.2, -0.15) is 0 Å². The second-order valence-corrected chi connectivity index (χ2v) is 4.64. The molecule has 2 rings (SSSR count). The van der Waals surface area contributed by atoms with Crippen molar-refractivity contribution in [2.45, 2.75) is 37.8 Å². The van der Waals surface area contributed by atoms with Crippen molar-refractivity contribution in [1.82, 2.24) is 15.3 Å². The number of carbonyl (C=O) groups excluding carboxylic acids is 1. The Morgan fingerprint density at radius 1 is 1.56 bits per heavy atom. The minimum Gasteiger partial charge on any atom is -0.369 e. The molecule has 0 saturated heterocycles. The third-order valence-corrected chi connectivity index (χ3v) is 2.99. The molecule has 0 radical (unpaired) electrons. The Hall–Kier alpha value is -1.89. The molecule has 0 bridgehead atoms. The number of nitrogens with one attached hydrogen (secondary N) is 2. The zero-order valence-electron chi connectivity index (χ0n) is 9.98. The first-order valence-electron chi connectivity index (χ1n) is 5.93. The highest BCUT2D eigenvalue weighted by Crippen LogP contribution is 2.16. The van der Waals surface area contributed by atoms with Crippen LogP contribution in [0.5, 0.6) is 0 Å². The molecule has 0 spiro atoms. The van der Waals surface area contributed by atoms with Gasteiger partial charge in [-0.25, -0.2) is 4.98 Å². The van der Waals surface area contributed by atoms with E-state index < -0.39 is 0 Å². The number of aromatic amines is 1. The Kier molecular flexibility index (Phi) is 3.61. The lowest BCUT2D eigenvalue weighted by atomic mass is 10.2. The first-order chi connectivity index (χ1) is 8.52. The van der Waals surface area contributed by atoms with E-state index in [0.29, 0.717) is 5.69 Å². The second-order valence-electron chi connectivity index (χ2n) is 4.64. The molecule has 7 heteroatoms. The number of nitrogens with zero attached hydrogens (tertiary/aromatic N) is 1. The number of H-pyrrole nitrogens is 1. The van der Waals surface area contributed by atoms with E-state index >= 15 is 0 Å². The van der Waals surface area contributed by atoms with Crippen LogP contribution in [-0.2, 0) is 11.2 Å². The summed E-state index contributed by atoms with van der Waals surface area (Å²) in [6.07, 6.45) is 2.69.